The van der Waals surface area contributed by atoms with E-state index in [2.05, 4.69) is 9.88 Å². The Bertz CT molecular complexity index is 1580. The lowest BCUT2D eigenvalue weighted by Crippen LogP contribution is -2.41. The number of likely N-dealkylation sites (tertiary alicyclic amines) is 1. The molecule has 1 atom stereocenters. The maximum absolute atomic E-state index is 16.1. The lowest BCUT2D eigenvalue weighted by molar-refractivity contribution is -0.0593. The lowest BCUT2D eigenvalue weighted by atomic mass is 9.89. The van der Waals surface area contributed by atoms with Crippen LogP contribution in [-0.4, -0.2) is 56.3 Å². The molecule has 2 aromatic carbocycles. The number of nitrogens with zero attached hydrogens (tertiary/aromatic N) is 4. The zero-order valence-corrected chi connectivity index (χ0v) is 23.0. The van der Waals surface area contributed by atoms with Crippen molar-refractivity contribution in [3.8, 4) is 5.88 Å². The summed E-state index contributed by atoms with van der Waals surface area (Å²) in [7, 11) is 0. The highest BCUT2D eigenvalue weighted by Gasteiger charge is 2.38. The number of alkyl halides is 1. The molecule has 2 aliphatic heterocycles. The van der Waals surface area contributed by atoms with Gasteiger partial charge in [-0.25, -0.2) is 23.5 Å². The highest BCUT2D eigenvalue weighted by molar-refractivity contribution is 6.30. The number of carboxylic acids is 1. The first-order valence-electron chi connectivity index (χ1n) is 13.6. The Labute approximate surface area is 240 Å². The van der Waals surface area contributed by atoms with Crippen molar-refractivity contribution < 1.29 is 28.2 Å². The fourth-order valence-electron chi connectivity index (χ4n) is 5.32. The van der Waals surface area contributed by atoms with Crippen molar-refractivity contribution in [2.24, 2.45) is 0 Å². The van der Waals surface area contributed by atoms with Crippen molar-refractivity contribution in [1.29, 1.82) is 0 Å². The van der Waals surface area contributed by atoms with Crippen LogP contribution in [0.1, 0.15) is 46.7 Å². The van der Waals surface area contributed by atoms with E-state index in [0.717, 1.165) is 29.9 Å². The largest absolute Gasteiger partial charge is 0.478 e. The van der Waals surface area contributed by atoms with Gasteiger partial charge in [0.05, 0.1) is 41.5 Å². The van der Waals surface area contributed by atoms with Crippen LogP contribution in [0.3, 0.4) is 0 Å². The number of carbonyl (C=O) groups is 1. The molecule has 0 unspecified atom stereocenters. The number of fused-ring (bicyclic) bond motifs is 1. The van der Waals surface area contributed by atoms with E-state index >= 15 is 4.39 Å². The van der Waals surface area contributed by atoms with Crippen LogP contribution in [0.25, 0.3) is 11.0 Å². The van der Waals surface area contributed by atoms with Crippen molar-refractivity contribution in [3.05, 3.63) is 88.1 Å². The van der Waals surface area contributed by atoms with Gasteiger partial charge in [-0.15, -0.1) is 0 Å². The summed E-state index contributed by atoms with van der Waals surface area (Å²) in [6.07, 6.45) is 1.49. The van der Waals surface area contributed by atoms with Gasteiger partial charge in [-0.05, 0) is 55.7 Å². The summed E-state index contributed by atoms with van der Waals surface area (Å²) in [4.78, 5) is 22.9. The predicted octanol–water partition coefficient (Wildman–Crippen LogP) is 5.75. The molecule has 0 radical (unpaired) electrons. The Hall–Kier alpha value is -3.60. The number of pyridine rings is 1. The number of benzene rings is 2. The monoisotopic (exact) mass is 582 g/mol. The van der Waals surface area contributed by atoms with Crippen molar-refractivity contribution >= 4 is 28.6 Å². The molecule has 0 saturated carbocycles. The first-order valence-corrected chi connectivity index (χ1v) is 13.9. The number of hydrogen-bond donors (Lipinski definition) is 1. The van der Waals surface area contributed by atoms with Crippen molar-refractivity contribution in [2.75, 3.05) is 19.7 Å². The summed E-state index contributed by atoms with van der Waals surface area (Å²) in [6, 6.07) is 14.3. The molecular weight excluding hydrogens is 554 g/mol. The average molecular weight is 583 g/mol. The average Bonchev–Trinajstić information content (AvgIpc) is 3.27. The Morgan fingerprint density at radius 1 is 1.15 bits per heavy atom. The second kappa shape index (κ2) is 11.3. The Kier molecular flexibility index (Phi) is 7.63. The van der Waals surface area contributed by atoms with Crippen LogP contribution in [0, 0.1) is 5.82 Å². The highest BCUT2D eigenvalue weighted by Crippen LogP contribution is 2.37. The molecule has 4 aromatic rings. The molecule has 4 heterocycles. The Morgan fingerprint density at radius 2 is 1.95 bits per heavy atom. The fourth-order valence-corrected chi connectivity index (χ4v) is 5.48. The molecule has 0 amide bonds. The van der Waals surface area contributed by atoms with E-state index in [9.17, 15) is 14.3 Å². The number of aromatic carboxylic acids is 1. The van der Waals surface area contributed by atoms with Crippen LogP contribution in [0.15, 0.2) is 54.6 Å². The highest BCUT2D eigenvalue weighted by atomic mass is 35.5. The van der Waals surface area contributed by atoms with Gasteiger partial charge in [0.25, 0.3) is 0 Å². The molecule has 2 saturated heterocycles. The molecule has 41 heavy (non-hydrogen) atoms. The standard InChI is InChI=1S/C30H29ClF2N4O4/c31-21-6-4-20(23(32)15-21)18-41-28-3-1-2-26(35-28)30(33)9-11-36(12-10-30)17-27-34-24-7-5-19(29(38)39)14-25(24)37(27)16-22-8-13-40-22/h1-7,14-15,22H,8-13,16-18H2,(H,38,39)/t22-/m0/s1. The zero-order valence-electron chi connectivity index (χ0n) is 22.2. The zero-order chi connectivity index (χ0) is 28.6. The van der Waals surface area contributed by atoms with E-state index in [1.807, 2.05) is 4.57 Å². The number of imidazole rings is 1. The molecule has 0 bridgehead atoms. The summed E-state index contributed by atoms with van der Waals surface area (Å²) in [5.74, 6) is -0.438. The quantitative estimate of drug-likeness (QED) is 0.269. The second-order valence-electron chi connectivity index (χ2n) is 10.6. The van der Waals surface area contributed by atoms with Gasteiger partial charge < -0.3 is 19.1 Å². The molecule has 6 rings (SSSR count). The number of hydrogen-bond acceptors (Lipinski definition) is 6. The third-order valence-corrected chi connectivity index (χ3v) is 8.08. The van der Waals surface area contributed by atoms with Crippen molar-refractivity contribution in [3.63, 3.8) is 0 Å². The topological polar surface area (TPSA) is 89.7 Å². The van der Waals surface area contributed by atoms with E-state index in [1.165, 1.54) is 6.07 Å². The number of halogens is 3. The second-order valence-corrected chi connectivity index (χ2v) is 11.0. The molecule has 1 N–H and O–H groups in total. The minimum absolute atomic E-state index is 0.0482. The fraction of sp³-hybridized carbons (Fsp3) is 0.367. The first-order chi connectivity index (χ1) is 19.8. The summed E-state index contributed by atoms with van der Waals surface area (Å²) in [5, 5.41) is 9.77. The minimum Gasteiger partial charge on any atom is -0.478 e. The van der Waals surface area contributed by atoms with Crippen molar-refractivity contribution in [2.45, 2.75) is 50.7 Å². The van der Waals surface area contributed by atoms with Crippen LogP contribution in [0.4, 0.5) is 8.78 Å². The summed E-state index contributed by atoms with van der Waals surface area (Å²) in [5.41, 5.74) is 0.683. The van der Waals surface area contributed by atoms with Crippen LogP contribution in [0.5, 0.6) is 5.88 Å². The molecular formula is C30H29ClF2N4O4. The number of aromatic nitrogens is 3. The predicted molar refractivity (Wildman–Crippen MR) is 148 cm³/mol. The van der Waals surface area contributed by atoms with E-state index in [-0.39, 0.29) is 37.0 Å². The summed E-state index contributed by atoms with van der Waals surface area (Å²) >= 11 is 5.81. The van der Waals surface area contributed by atoms with Crippen LogP contribution < -0.4 is 4.74 Å². The minimum atomic E-state index is -1.63. The van der Waals surface area contributed by atoms with E-state index in [0.29, 0.717) is 42.5 Å². The smallest absolute Gasteiger partial charge is 0.335 e. The Morgan fingerprint density at radius 3 is 2.66 bits per heavy atom. The van der Waals surface area contributed by atoms with Crippen LogP contribution in [-0.2, 0) is 30.1 Å². The summed E-state index contributed by atoms with van der Waals surface area (Å²) < 4.78 is 43.6. The molecule has 2 aromatic heterocycles. The van der Waals surface area contributed by atoms with E-state index < -0.39 is 17.5 Å². The molecule has 0 spiro atoms. The van der Waals surface area contributed by atoms with Gasteiger partial charge in [0.1, 0.15) is 18.2 Å². The SMILES string of the molecule is O=C(O)c1ccc2nc(CN3CCC(F)(c4cccc(OCc5ccc(Cl)cc5F)n4)CC3)n(C[C@@H]3CCO3)c2c1. The van der Waals surface area contributed by atoms with Gasteiger partial charge >= 0.3 is 5.97 Å². The molecule has 0 aliphatic carbocycles. The van der Waals surface area contributed by atoms with Crippen molar-refractivity contribution in [1.82, 2.24) is 19.4 Å². The number of rotatable bonds is 9. The molecule has 2 fully saturated rings. The van der Waals surface area contributed by atoms with Gasteiger partial charge in [-0.3, -0.25) is 4.90 Å². The lowest BCUT2D eigenvalue weighted by Gasteiger charge is -2.36. The summed E-state index contributed by atoms with van der Waals surface area (Å²) in [6.45, 7) is 2.74. The normalized spacial score (nSPS) is 18.8. The van der Waals surface area contributed by atoms with Gasteiger partial charge in [0.2, 0.25) is 5.88 Å². The number of ether oxygens (including phenoxy) is 2. The first kappa shape index (κ1) is 27.6. The third-order valence-electron chi connectivity index (χ3n) is 7.84. The Balaban J connectivity index is 1.14. The maximum Gasteiger partial charge on any atom is 0.335 e. The van der Waals surface area contributed by atoms with Gasteiger partial charge in [0.15, 0.2) is 5.67 Å². The van der Waals surface area contributed by atoms with Gasteiger partial charge in [-0.1, -0.05) is 23.7 Å². The van der Waals surface area contributed by atoms with E-state index in [4.69, 9.17) is 26.1 Å². The van der Waals surface area contributed by atoms with E-state index in [1.54, 1.807) is 48.5 Å². The number of piperidine rings is 1. The number of carboxylic acid groups (broad SMARTS) is 1. The van der Waals surface area contributed by atoms with Crippen LogP contribution >= 0.6 is 11.6 Å². The van der Waals surface area contributed by atoms with Crippen LogP contribution in [0.2, 0.25) is 5.02 Å². The van der Waals surface area contributed by atoms with Gasteiger partial charge in [0, 0.05) is 36.3 Å². The molecule has 214 valence electrons. The maximum atomic E-state index is 16.1. The van der Waals surface area contributed by atoms with Gasteiger partial charge in [-0.2, -0.15) is 0 Å². The molecule has 11 heteroatoms. The molecule has 8 nitrogen and oxygen atoms in total. The molecule has 2 aliphatic rings. The third kappa shape index (κ3) is 5.91.